The van der Waals surface area contributed by atoms with Crippen molar-refractivity contribution in [3.8, 4) is 0 Å². The summed E-state index contributed by atoms with van der Waals surface area (Å²) in [5, 5.41) is 18.5. The molecule has 2 unspecified atom stereocenters. The zero-order valence-corrected chi connectivity index (χ0v) is 9.45. The molecule has 0 fully saturated rings. The summed E-state index contributed by atoms with van der Waals surface area (Å²) in [6.45, 7) is 5.47. The third-order valence-electron chi connectivity index (χ3n) is 2.17. The Morgan fingerprint density at radius 1 is 1.21 bits per heavy atom. The van der Waals surface area contributed by atoms with Gasteiger partial charge in [-0.3, -0.25) is 0 Å². The van der Waals surface area contributed by atoms with Gasteiger partial charge in [0.2, 0.25) is 0 Å². The van der Waals surface area contributed by atoms with Crippen LogP contribution in [0.5, 0.6) is 0 Å². The minimum absolute atomic E-state index is 0.0638. The smallest absolute Gasteiger partial charge is 0.0608 e. The van der Waals surface area contributed by atoms with Gasteiger partial charge in [-0.25, -0.2) is 0 Å². The summed E-state index contributed by atoms with van der Waals surface area (Å²) < 4.78 is 0. The maximum atomic E-state index is 9.63. The molecule has 2 atom stereocenters. The zero-order valence-electron chi connectivity index (χ0n) is 9.45. The molecule has 0 bridgehead atoms. The van der Waals surface area contributed by atoms with Crippen molar-refractivity contribution in [1.29, 1.82) is 0 Å². The van der Waals surface area contributed by atoms with Crippen LogP contribution >= 0.6 is 0 Å². The second-order valence-corrected chi connectivity index (χ2v) is 5.20. The van der Waals surface area contributed by atoms with Crippen molar-refractivity contribution in [2.75, 3.05) is 6.61 Å². The van der Waals surface area contributed by atoms with E-state index in [-0.39, 0.29) is 12.1 Å². The summed E-state index contributed by atoms with van der Waals surface area (Å²) >= 11 is 0. The van der Waals surface area contributed by atoms with E-state index < -0.39 is 11.6 Å². The molecule has 6 N–H and O–H groups in total. The van der Waals surface area contributed by atoms with Crippen molar-refractivity contribution in [3.05, 3.63) is 0 Å². The van der Waals surface area contributed by atoms with Crippen LogP contribution in [0, 0.1) is 0 Å². The van der Waals surface area contributed by atoms with E-state index in [0.717, 1.165) is 0 Å². The van der Waals surface area contributed by atoms with Crippen molar-refractivity contribution in [2.24, 2.45) is 11.5 Å². The lowest BCUT2D eigenvalue weighted by atomic mass is 9.91. The number of nitrogens with two attached hydrogens (primary N) is 2. The predicted molar refractivity (Wildman–Crippen MR) is 57.8 cm³/mol. The first-order valence-electron chi connectivity index (χ1n) is 5.03. The molecular weight excluding hydrogens is 180 g/mol. The van der Waals surface area contributed by atoms with Crippen LogP contribution in [0.1, 0.15) is 40.0 Å². The number of aliphatic hydroxyl groups is 2. The molecule has 4 nitrogen and oxygen atoms in total. The van der Waals surface area contributed by atoms with Crippen LogP contribution < -0.4 is 11.5 Å². The van der Waals surface area contributed by atoms with E-state index in [1.165, 1.54) is 0 Å². The summed E-state index contributed by atoms with van der Waals surface area (Å²) in [4.78, 5) is 0. The van der Waals surface area contributed by atoms with Crippen LogP contribution in [0.15, 0.2) is 0 Å². The molecule has 0 aliphatic rings. The molecule has 0 aliphatic carbocycles. The van der Waals surface area contributed by atoms with Gasteiger partial charge in [-0.1, -0.05) is 0 Å². The van der Waals surface area contributed by atoms with Gasteiger partial charge in [0, 0.05) is 11.1 Å². The molecule has 0 heterocycles. The SMILES string of the molecule is CC(C)(N)CC(O)CCC(C)(N)CO. The Balaban J connectivity index is 3.80. The molecule has 86 valence electrons. The van der Waals surface area contributed by atoms with Crippen LogP contribution in [-0.2, 0) is 0 Å². The Morgan fingerprint density at radius 3 is 2.07 bits per heavy atom. The summed E-state index contributed by atoms with van der Waals surface area (Å²) in [5.74, 6) is 0. The van der Waals surface area contributed by atoms with E-state index in [0.29, 0.717) is 19.3 Å². The molecule has 0 aliphatic heterocycles. The highest BCUT2D eigenvalue weighted by atomic mass is 16.3. The lowest BCUT2D eigenvalue weighted by molar-refractivity contribution is 0.111. The van der Waals surface area contributed by atoms with Crippen LogP contribution in [-0.4, -0.2) is 34.0 Å². The van der Waals surface area contributed by atoms with E-state index >= 15 is 0 Å². The summed E-state index contributed by atoms with van der Waals surface area (Å²) in [6, 6.07) is 0. The largest absolute Gasteiger partial charge is 0.394 e. The van der Waals surface area contributed by atoms with E-state index in [4.69, 9.17) is 16.6 Å². The summed E-state index contributed by atoms with van der Waals surface area (Å²) in [6.07, 6.45) is 1.29. The monoisotopic (exact) mass is 204 g/mol. The molecule has 0 spiro atoms. The van der Waals surface area contributed by atoms with Gasteiger partial charge in [0.05, 0.1) is 12.7 Å². The summed E-state index contributed by atoms with van der Waals surface area (Å²) in [7, 11) is 0. The minimum atomic E-state index is -0.597. The maximum absolute atomic E-state index is 9.63. The normalized spacial score (nSPS) is 19.1. The molecular formula is C10H24N2O2. The van der Waals surface area contributed by atoms with Gasteiger partial charge in [-0.2, -0.15) is 0 Å². The molecule has 0 radical (unpaired) electrons. The standard InChI is InChI=1S/C10H24N2O2/c1-9(2,11)6-8(14)4-5-10(3,12)7-13/h8,13-14H,4-7,11-12H2,1-3H3. The number of hydrogen-bond donors (Lipinski definition) is 4. The van der Waals surface area contributed by atoms with Crippen LogP contribution in [0.3, 0.4) is 0 Å². The molecule has 4 heteroatoms. The Labute approximate surface area is 86.3 Å². The van der Waals surface area contributed by atoms with Crippen LogP contribution in [0.4, 0.5) is 0 Å². The first kappa shape index (κ1) is 13.8. The maximum Gasteiger partial charge on any atom is 0.0608 e. The van der Waals surface area contributed by atoms with Crippen molar-refractivity contribution >= 4 is 0 Å². The van der Waals surface area contributed by atoms with E-state index in [1.807, 2.05) is 13.8 Å². The fourth-order valence-corrected chi connectivity index (χ4v) is 1.28. The predicted octanol–water partition coefficient (Wildman–Crippen LogP) is -0.0354. The van der Waals surface area contributed by atoms with Crippen LogP contribution in [0.2, 0.25) is 0 Å². The van der Waals surface area contributed by atoms with Gasteiger partial charge in [-0.15, -0.1) is 0 Å². The molecule has 14 heavy (non-hydrogen) atoms. The minimum Gasteiger partial charge on any atom is -0.394 e. The third-order valence-corrected chi connectivity index (χ3v) is 2.17. The lowest BCUT2D eigenvalue weighted by Crippen LogP contribution is -2.42. The van der Waals surface area contributed by atoms with E-state index in [9.17, 15) is 5.11 Å². The van der Waals surface area contributed by atoms with E-state index in [2.05, 4.69) is 0 Å². The second-order valence-electron chi connectivity index (χ2n) is 5.20. The molecule has 0 aromatic carbocycles. The Bertz CT molecular complexity index is 164. The fraction of sp³-hybridized carbons (Fsp3) is 1.00. The van der Waals surface area contributed by atoms with Gasteiger partial charge in [0.1, 0.15) is 0 Å². The quantitative estimate of drug-likeness (QED) is 0.488. The Kier molecular flexibility index (Phi) is 5.01. The van der Waals surface area contributed by atoms with Crippen molar-refractivity contribution in [1.82, 2.24) is 0 Å². The third kappa shape index (κ3) is 7.26. The van der Waals surface area contributed by atoms with Gasteiger partial charge in [0.15, 0.2) is 0 Å². The average molecular weight is 204 g/mol. The summed E-state index contributed by atoms with van der Waals surface area (Å²) in [5.41, 5.74) is 10.5. The van der Waals surface area contributed by atoms with Gasteiger partial charge in [0.25, 0.3) is 0 Å². The molecule has 0 aromatic rings. The van der Waals surface area contributed by atoms with Crippen molar-refractivity contribution in [3.63, 3.8) is 0 Å². The van der Waals surface area contributed by atoms with Crippen molar-refractivity contribution < 1.29 is 10.2 Å². The number of hydrogen-bond acceptors (Lipinski definition) is 4. The first-order valence-corrected chi connectivity index (χ1v) is 5.03. The second kappa shape index (κ2) is 5.07. The Hall–Kier alpha value is -0.160. The Morgan fingerprint density at radius 2 is 1.71 bits per heavy atom. The fourth-order valence-electron chi connectivity index (χ4n) is 1.28. The van der Waals surface area contributed by atoms with Gasteiger partial charge < -0.3 is 21.7 Å². The average Bonchev–Trinajstić information content (AvgIpc) is 1.98. The number of rotatable bonds is 6. The number of aliphatic hydroxyl groups excluding tert-OH is 2. The highest BCUT2D eigenvalue weighted by Crippen LogP contribution is 2.15. The molecule has 0 saturated carbocycles. The molecule has 0 saturated heterocycles. The topological polar surface area (TPSA) is 92.5 Å². The zero-order chi connectivity index (χ0) is 11.4. The first-order chi connectivity index (χ1) is 6.16. The molecule has 0 rings (SSSR count). The van der Waals surface area contributed by atoms with Crippen molar-refractivity contribution in [2.45, 2.75) is 57.2 Å². The lowest BCUT2D eigenvalue weighted by Gasteiger charge is -2.26. The molecule has 0 amide bonds. The van der Waals surface area contributed by atoms with Gasteiger partial charge in [-0.05, 0) is 40.0 Å². The van der Waals surface area contributed by atoms with E-state index in [1.54, 1.807) is 6.92 Å². The highest BCUT2D eigenvalue weighted by Gasteiger charge is 2.21. The van der Waals surface area contributed by atoms with Gasteiger partial charge >= 0.3 is 0 Å². The van der Waals surface area contributed by atoms with Crippen LogP contribution in [0.25, 0.3) is 0 Å². The molecule has 0 aromatic heterocycles. The highest BCUT2D eigenvalue weighted by molar-refractivity contribution is 4.81.